The molecule has 0 heterocycles. The van der Waals surface area contributed by atoms with Gasteiger partial charge in [-0.2, -0.15) is 13.1 Å². The van der Waals surface area contributed by atoms with Crippen LogP contribution in [0.2, 0.25) is 0 Å². The second-order valence-electron chi connectivity index (χ2n) is 8.37. The zero-order valence-corrected chi connectivity index (χ0v) is 20.8. The summed E-state index contributed by atoms with van der Waals surface area (Å²) in [6, 6.07) is 14.9. The van der Waals surface area contributed by atoms with E-state index in [1.807, 2.05) is 39.8 Å². The number of benzene rings is 2. The first kappa shape index (κ1) is 26.0. The Morgan fingerprint density at radius 1 is 1.03 bits per heavy atom. The number of hydrogen-bond donors (Lipinski definition) is 3. The van der Waals surface area contributed by atoms with Crippen molar-refractivity contribution in [2.75, 3.05) is 39.7 Å². The fraction of sp³-hybridized carbons (Fsp3) is 0.348. The largest absolute Gasteiger partial charge is 0.497 e. The van der Waals surface area contributed by atoms with Crippen molar-refractivity contribution in [1.29, 1.82) is 0 Å². The van der Waals surface area contributed by atoms with E-state index < -0.39 is 40.1 Å². The van der Waals surface area contributed by atoms with Crippen LogP contribution in [0.4, 0.5) is 10.5 Å². The first-order chi connectivity index (χ1) is 16.5. The zero-order valence-electron chi connectivity index (χ0n) is 19.9. The van der Waals surface area contributed by atoms with E-state index in [9.17, 15) is 22.8 Å². The van der Waals surface area contributed by atoms with E-state index in [0.29, 0.717) is 11.4 Å². The van der Waals surface area contributed by atoms with Crippen molar-refractivity contribution < 1.29 is 27.5 Å². The number of likely N-dealkylation sites (N-methyl/N-ethyl adjacent to an activating group) is 2. The highest BCUT2D eigenvalue weighted by Gasteiger charge is 2.63. The van der Waals surface area contributed by atoms with Crippen LogP contribution >= 0.6 is 0 Å². The number of nitrogens with zero attached hydrogens (tertiary/aromatic N) is 2. The lowest BCUT2D eigenvalue weighted by Gasteiger charge is -2.26. The molecule has 2 atom stereocenters. The minimum atomic E-state index is -4.34. The molecule has 0 bridgehead atoms. The van der Waals surface area contributed by atoms with Gasteiger partial charge in [-0.3, -0.25) is 9.59 Å². The standard InChI is InChI=1S/C23H29N5O6S/c1-27(2)20(29)15-24-35(32,33)26-22(31)25-23(14-19(23)16-8-6-5-7-9-16)21(30)28(3)17-10-12-18(34-4)13-11-17/h5-13,19,24H,14-15H2,1-4H3,(H2,25,26,31)/t19?,23-/m0/s1. The van der Waals surface area contributed by atoms with Gasteiger partial charge in [0, 0.05) is 32.7 Å². The molecule has 1 aliphatic carbocycles. The van der Waals surface area contributed by atoms with E-state index >= 15 is 0 Å². The number of amides is 4. The molecule has 1 fully saturated rings. The second-order valence-corrected chi connectivity index (χ2v) is 9.87. The summed E-state index contributed by atoms with van der Waals surface area (Å²) in [7, 11) is 1.73. The molecule has 1 saturated carbocycles. The summed E-state index contributed by atoms with van der Waals surface area (Å²) >= 11 is 0. The van der Waals surface area contributed by atoms with E-state index in [1.165, 1.54) is 31.0 Å². The van der Waals surface area contributed by atoms with Crippen LogP contribution in [0.5, 0.6) is 5.75 Å². The van der Waals surface area contributed by atoms with Crippen molar-refractivity contribution in [2.45, 2.75) is 17.9 Å². The first-order valence-electron chi connectivity index (χ1n) is 10.8. The fourth-order valence-corrected chi connectivity index (χ4v) is 4.38. The molecule has 4 amide bonds. The average Bonchev–Trinajstić information content (AvgIpc) is 3.56. The van der Waals surface area contributed by atoms with Crippen LogP contribution in [-0.4, -0.2) is 71.5 Å². The minimum absolute atomic E-state index is 0.288. The summed E-state index contributed by atoms with van der Waals surface area (Å²) in [4.78, 5) is 40.6. The Hall–Kier alpha value is -3.64. The maximum absolute atomic E-state index is 13.6. The summed E-state index contributed by atoms with van der Waals surface area (Å²) in [5.74, 6) is -0.621. The molecule has 2 aromatic rings. The van der Waals surface area contributed by atoms with Gasteiger partial charge >= 0.3 is 16.2 Å². The van der Waals surface area contributed by atoms with Crippen molar-refractivity contribution >= 4 is 33.7 Å². The number of nitrogens with one attached hydrogen (secondary N) is 3. The summed E-state index contributed by atoms with van der Waals surface area (Å²) in [6.45, 7) is -0.521. The van der Waals surface area contributed by atoms with Crippen LogP contribution in [0.1, 0.15) is 17.9 Å². The lowest BCUT2D eigenvalue weighted by atomic mass is 10.0. The fourth-order valence-electron chi connectivity index (χ4n) is 3.70. The number of rotatable bonds is 9. The Labute approximate surface area is 204 Å². The molecule has 0 spiro atoms. The molecule has 3 rings (SSSR count). The molecule has 0 saturated heterocycles. The molecular formula is C23H29N5O6S. The summed E-state index contributed by atoms with van der Waals surface area (Å²) < 4.78 is 33.5. The highest BCUT2D eigenvalue weighted by molar-refractivity contribution is 7.88. The smallest absolute Gasteiger partial charge is 0.330 e. The maximum Gasteiger partial charge on any atom is 0.330 e. The van der Waals surface area contributed by atoms with E-state index in [2.05, 4.69) is 5.32 Å². The Balaban J connectivity index is 1.79. The normalized spacial score (nSPS) is 18.8. The zero-order chi connectivity index (χ0) is 25.8. The molecule has 2 aromatic carbocycles. The van der Waals surface area contributed by atoms with Gasteiger partial charge in [0.05, 0.1) is 13.7 Å². The van der Waals surface area contributed by atoms with Crippen LogP contribution < -0.4 is 24.4 Å². The molecular weight excluding hydrogens is 474 g/mol. The number of methoxy groups -OCH3 is 1. The molecule has 11 nitrogen and oxygen atoms in total. The molecule has 12 heteroatoms. The topological polar surface area (TPSA) is 137 Å². The van der Waals surface area contributed by atoms with Gasteiger partial charge in [0.1, 0.15) is 11.3 Å². The third-order valence-corrected chi connectivity index (χ3v) is 6.76. The number of ether oxygens (including phenoxy) is 1. The molecule has 0 aliphatic heterocycles. The molecule has 188 valence electrons. The maximum atomic E-state index is 13.6. The van der Waals surface area contributed by atoms with E-state index in [0.717, 1.165) is 5.56 Å². The average molecular weight is 504 g/mol. The predicted octanol–water partition coefficient (Wildman–Crippen LogP) is 0.806. The Morgan fingerprint density at radius 2 is 1.66 bits per heavy atom. The number of carbonyl (C=O) groups is 3. The van der Waals surface area contributed by atoms with Gasteiger partial charge in [-0.05, 0) is 36.2 Å². The second kappa shape index (κ2) is 10.3. The molecule has 1 aliphatic rings. The van der Waals surface area contributed by atoms with Gasteiger partial charge in [-0.1, -0.05) is 30.3 Å². The Kier molecular flexibility index (Phi) is 7.66. The molecule has 1 unspecified atom stereocenters. The van der Waals surface area contributed by atoms with Gasteiger partial charge in [-0.15, -0.1) is 0 Å². The molecule has 0 radical (unpaired) electrons. The third-order valence-electron chi connectivity index (χ3n) is 5.78. The minimum Gasteiger partial charge on any atom is -0.497 e. The highest BCUT2D eigenvalue weighted by atomic mass is 32.2. The summed E-state index contributed by atoms with van der Waals surface area (Å²) in [6.07, 6.45) is 0.288. The summed E-state index contributed by atoms with van der Waals surface area (Å²) in [5, 5.41) is 2.58. The number of anilines is 1. The lowest BCUT2D eigenvalue weighted by Crippen LogP contribution is -2.56. The van der Waals surface area contributed by atoms with Gasteiger partial charge in [0.15, 0.2) is 0 Å². The monoisotopic (exact) mass is 503 g/mol. The van der Waals surface area contributed by atoms with Crippen LogP contribution in [-0.2, 0) is 19.8 Å². The molecule has 0 aromatic heterocycles. The quantitative estimate of drug-likeness (QED) is 0.463. The van der Waals surface area contributed by atoms with Crippen LogP contribution in [0, 0.1) is 0 Å². The number of hydrogen-bond acceptors (Lipinski definition) is 6. The summed E-state index contributed by atoms with van der Waals surface area (Å²) in [5.41, 5.74) is 0.0594. The van der Waals surface area contributed by atoms with Crippen molar-refractivity contribution in [3.63, 3.8) is 0 Å². The van der Waals surface area contributed by atoms with Crippen molar-refractivity contribution in [2.24, 2.45) is 0 Å². The van der Waals surface area contributed by atoms with Crippen molar-refractivity contribution in [3.8, 4) is 5.75 Å². The SMILES string of the molecule is COc1ccc(N(C)C(=O)[C@]2(NC(=O)NS(=O)(=O)NCC(=O)N(C)C)CC2c2ccccc2)cc1. The van der Waals surface area contributed by atoms with Crippen LogP contribution in [0.3, 0.4) is 0 Å². The van der Waals surface area contributed by atoms with E-state index in [-0.39, 0.29) is 12.3 Å². The van der Waals surface area contributed by atoms with E-state index in [1.54, 1.807) is 31.3 Å². The molecule has 3 N–H and O–H groups in total. The van der Waals surface area contributed by atoms with Crippen molar-refractivity contribution in [3.05, 3.63) is 60.2 Å². The Bertz CT molecular complexity index is 1190. The van der Waals surface area contributed by atoms with Gasteiger partial charge in [0.25, 0.3) is 5.91 Å². The van der Waals surface area contributed by atoms with Crippen molar-refractivity contribution in [1.82, 2.24) is 19.7 Å². The molecule has 35 heavy (non-hydrogen) atoms. The van der Waals surface area contributed by atoms with E-state index in [4.69, 9.17) is 4.74 Å². The van der Waals surface area contributed by atoms with Gasteiger partial charge in [0.2, 0.25) is 5.91 Å². The van der Waals surface area contributed by atoms with Crippen LogP contribution in [0.25, 0.3) is 0 Å². The highest BCUT2D eigenvalue weighted by Crippen LogP contribution is 2.52. The van der Waals surface area contributed by atoms with Gasteiger partial charge < -0.3 is 19.9 Å². The predicted molar refractivity (Wildman–Crippen MR) is 130 cm³/mol. The number of urea groups is 1. The third kappa shape index (κ3) is 6.08. The first-order valence-corrected chi connectivity index (χ1v) is 12.2. The number of carbonyl (C=O) groups excluding carboxylic acids is 3. The lowest BCUT2D eigenvalue weighted by molar-refractivity contribution is -0.127. The Morgan fingerprint density at radius 3 is 2.23 bits per heavy atom. The van der Waals surface area contributed by atoms with Gasteiger partial charge in [-0.25, -0.2) is 9.52 Å². The van der Waals surface area contributed by atoms with Crippen LogP contribution in [0.15, 0.2) is 54.6 Å².